The summed E-state index contributed by atoms with van der Waals surface area (Å²) in [7, 11) is 1.31. The fourth-order valence-electron chi connectivity index (χ4n) is 7.34. The Morgan fingerprint density at radius 3 is 2.54 bits per heavy atom. The number of phenols is 2. The number of hydrogen-bond acceptors (Lipinski definition) is 16. The average Bonchev–Trinajstić information content (AvgIpc) is 3.39. The quantitative estimate of drug-likeness (QED) is 0.0560. The Balaban J connectivity index is 1.30. The monoisotopic (exact) mass is 743 g/mol. The number of carbonyl (C=O) groups is 5. The number of phenolic OH excluding ortho intramolecular Hbond substituents is 2. The maximum absolute atomic E-state index is 13.9. The molecule has 6 rings (SSSR count). The SMILES string of the molecule is CCNCSC1CC(=O)N(CNC2CC(O[C@H]3C[C@](O)(C(=O)CO)Cc4c(O)c5c(c(O)c43)C(=O)c3c(OC)cccc3C5=O)OC(C)C2O)C1=O. The number of ether oxygens (including phenoxy) is 3. The van der Waals surface area contributed by atoms with Gasteiger partial charge in [0.15, 0.2) is 17.9 Å². The summed E-state index contributed by atoms with van der Waals surface area (Å²) in [5.74, 6) is -4.26. The molecule has 4 aliphatic rings. The van der Waals surface area contributed by atoms with Crippen molar-refractivity contribution in [3.05, 3.63) is 51.6 Å². The van der Waals surface area contributed by atoms with Gasteiger partial charge in [0.2, 0.25) is 17.6 Å². The molecule has 2 aliphatic carbocycles. The molecule has 280 valence electrons. The van der Waals surface area contributed by atoms with Crippen molar-refractivity contribution in [1.82, 2.24) is 15.5 Å². The number of carbonyl (C=O) groups excluding carboxylic acids is 5. The van der Waals surface area contributed by atoms with Gasteiger partial charge in [-0.3, -0.25) is 34.2 Å². The topological polar surface area (TPSA) is 241 Å². The van der Waals surface area contributed by atoms with Crippen molar-refractivity contribution in [2.75, 3.05) is 32.8 Å². The summed E-state index contributed by atoms with van der Waals surface area (Å²) in [6, 6.07) is 3.53. The van der Waals surface area contributed by atoms with E-state index in [1.54, 1.807) is 6.92 Å². The molecule has 2 saturated heterocycles. The maximum Gasteiger partial charge on any atom is 0.243 e. The van der Waals surface area contributed by atoms with Crippen molar-refractivity contribution < 1.29 is 63.7 Å². The molecule has 2 aliphatic heterocycles. The Kier molecular flexibility index (Phi) is 10.8. The van der Waals surface area contributed by atoms with Crippen LogP contribution in [0, 0.1) is 0 Å². The van der Waals surface area contributed by atoms with E-state index in [-0.39, 0.29) is 59.3 Å². The van der Waals surface area contributed by atoms with E-state index < -0.39 is 101 Å². The number of Topliss-reactive ketones (excluding diaryl/α,β-unsaturated/α-hetero) is 1. The molecule has 2 amide bonds. The number of rotatable bonds is 12. The highest BCUT2D eigenvalue weighted by molar-refractivity contribution is 8.00. The predicted molar refractivity (Wildman–Crippen MR) is 182 cm³/mol. The number of fused-ring (bicyclic) bond motifs is 3. The van der Waals surface area contributed by atoms with Crippen LogP contribution in [0.3, 0.4) is 0 Å². The number of likely N-dealkylation sites (tertiary alicyclic amines) is 1. The highest BCUT2D eigenvalue weighted by atomic mass is 32.2. The first kappa shape index (κ1) is 37.8. The summed E-state index contributed by atoms with van der Waals surface area (Å²) >= 11 is 1.33. The van der Waals surface area contributed by atoms with Crippen LogP contribution in [-0.2, 0) is 30.3 Å². The molecule has 52 heavy (non-hydrogen) atoms. The molecule has 16 nitrogen and oxygen atoms in total. The smallest absolute Gasteiger partial charge is 0.243 e. The lowest BCUT2D eigenvalue weighted by Crippen LogP contribution is -2.56. The van der Waals surface area contributed by atoms with E-state index in [4.69, 9.17) is 14.2 Å². The Labute approximate surface area is 302 Å². The van der Waals surface area contributed by atoms with E-state index in [9.17, 15) is 49.5 Å². The zero-order valence-corrected chi connectivity index (χ0v) is 29.5. The summed E-state index contributed by atoms with van der Waals surface area (Å²) in [6.07, 6.45) is -5.88. The van der Waals surface area contributed by atoms with Gasteiger partial charge < -0.3 is 45.1 Å². The van der Waals surface area contributed by atoms with E-state index >= 15 is 0 Å². The second-order valence-electron chi connectivity index (χ2n) is 13.2. The third-order valence-corrected chi connectivity index (χ3v) is 11.3. The first-order valence-corrected chi connectivity index (χ1v) is 17.9. The lowest BCUT2D eigenvalue weighted by molar-refractivity contribution is -0.250. The maximum atomic E-state index is 13.9. The van der Waals surface area contributed by atoms with Gasteiger partial charge in [-0.1, -0.05) is 19.1 Å². The molecule has 2 fully saturated rings. The standard InChI is InChI=1S/C35H41N3O13S/c1-4-36-14-52-21-9-23(41)38(34(21)47)13-37-18-8-24(50-15(2)29(18)42)51-20-11-35(48,22(40)12-39)10-17-26(20)33(46)28-27(31(17)44)30(43)16-6-5-7-19(49-3)25(16)32(28)45/h5-7,15,18,20-21,24,29,36-37,39,42,44,46,48H,4,8-14H2,1-3H3/t15?,18?,20-,21?,24?,29?,35-/m0/s1. The number of ketones is 3. The molecule has 0 aromatic heterocycles. The third kappa shape index (κ3) is 6.49. The Hall–Kier alpha value is -3.94. The lowest BCUT2D eigenvalue weighted by atomic mass is 9.72. The van der Waals surface area contributed by atoms with E-state index in [0.717, 1.165) is 4.90 Å². The van der Waals surface area contributed by atoms with Crippen molar-refractivity contribution in [3.63, 3.8) is 0 Å². The number of nitrogens with one attached hydrogen (secondary N) is 2. The van der Waals surface area contributed by atoms with Gasteiger partial charge in [-0.05, 0) is 19.5 Å². The normalized spacial score (nSPS) is 28.5. The Bertz CT molecular complexity index is 1820. The van der Waals surface area contributed by atoms with Gasteiger partial charge in [0.05, 0.1) is 54.0 Å². The highest BCUT2D eigenvalue weighted by Crippen LogP contribution is 2.52. The van der Waals surface area contributed by atoms with Gasteiger partial charge in [0.1, 0.15) is 29.5 Å². The van der Waals surface area contributed by atoms with Crippen LogP contribution in [0.2, 0.25) is 0 Å². The summed E-state index contributed by atoms with van der Waals surface area (Å²) < 4.78 is 17.5. The molecule has 0 spiro atoms. The van der Waals surface area contributed by atoms with Crippen LogP contribution in [0.5, 0.6) is 17.2 Å². The number of thioether (sulfide) groups is 1. The molecule has 0 saturated carbocycles. The molecule has 0 bridgehead atoms. The minimum atomic E-state index is -2.33. The molecule has 7 atom stereocenters. The van der Waals surface area contributed by atoms with Gasteiger partial charge in [-0.2, -0.15) is 0 Å². The highest BCUT2D eigenvalue weighted by Gasteiger charge is 2.50. The van der Waals surface area contributed by atoms with Crippen LogP contribution in [-0.4, -0.2) is 128 Å². The zero-order valence-electron chi connectivity index (χ0n) is 28.7. The van der Waals surface area contributed by atoms with Gasteiger partial charge in [-0.15, -0.1) is 11.8 Å². The van der Waals surface area contributed by atoms with Crippen molar-refractivity contribution in [2.45, 2.75) is 81.0 Å². The number of benzene rings is 2. The second-order valence-corrected chi connectivity index (χ2v) is 14.4. The van der Waals surface area contributed by atoms with Gasteiger partial charge in [0, 0.05) is 54.3 Å². The molecule has 2 heterocycles. The number of aliphatic hydroxyl groups excluding tert-OH is 2. The van der Waals surface area contributed by atoms with Crippen molar-refractivity contribution in [1.29, 1.82) is 0 Å². The molecule has 17 heteroatoms. The van der Waals surface area contributed by atoms with Crippen LogP contribution in [0.25, 0.3) is 0 Å². The zero-order chi connectivity index (χ0) is 37.6. The number of aromatic hydroxyl groups is 2. The number of aliphatic hydroxyl groups is 3. The third-order valence-electron chi connectivity index (χ3n) is 10.1. The second kappa shape index (κ2) is 14.8. The molecular formula is C35H41N3O13S. The van der Waals surface area contributed by atoms with Crippen molar-refractivity contribution in [2.24, 2.45) is 0 Å². The Morgan fingerprint density at radius 1 is 1.12 bits per heavy atom. The van der Waals surface area contributed by atoms with E-state index in [2.05, 4.69) is 10.6 Å². The molecule has 2 aromatic carbocycles. The summed E-state index contributed by atoms with van der Waals surface area (Å²) in [4.78, 5) is 67.3. The van der Waals surface area contributed by atoms with Gasteiger partial charge >= 0.3 is 0 Å². The first-order chi connectivity index (χ1) is 24.8. The van der Waals surface area contributed by atoms with E-state index in [1.807, 2.05) is 6.92 Å². The van der Waals surface area contributed by atoms with Crippen LogP contribution in [0.4, 0.5) is 0 Å². The largest absolute Gasteiger partial charge is 0.507 e. The summed E-state index contributed by atoms with van der Waals surface area (Å²) in [6.45, 7) is 2.93. The molecule has 2 aromatic rings. The van der Waals surface area contributed by atoms with Crippen molar-refractivity contribution >= 4 is 40.9 Å². The number of methoxy groups -OCH3 is 1. The molecule has 0 radical (unpaired) electrons. The fourth-order valence-corrected chi connectivity index (χ4v) is 8.39. The van der Waals surface area contributed by atoms with Gasteiger partial charge in [-0.25, -0.2) is 0 Å². The summed E-state index contributed by atoms with van der Waals surface area (Å²) in [5.41, 5.74) is -3.99. The number of imide groups is 1. The minimum Gasteiger partial charge on any atom is -0.507 e. The molecule has 5 unspecified atom stereocenters. The lowest BCUT2D eigenvalue weighted by Gasteiger charge is -2.43. The molecule has 7 N–H and O–H groups in total. The van der Waals surface area contributed by atoms with E-state index in [0.29, 0.717) is 12.4 Å². The Morgan fingerprint density at radius 2 is 1.85 bits per heavy atom. The predicted octanol–water partition coefficient (Wildman–Crippen LogP) is 0.0174. The number of nitrogens with zero attached hydrogens (tertiary/aromatic N) is 1. The fraction of sp³-hybridized carbons (Fsp3) is 0.514. The van der Waals surface area contributed by atoms with Crippen LogP contribution in [0.1, 0.15) is 82.2 Å². The first-order valence-electron chi connectivity index (χ1n) is 16.9. The summed E-state index contributed by atoms with van der Waals surface area (Å²) in [5, 5.41) is 61.2. The number of hydrogen-bond donors (Lipinski definition) is 7. The number of amides is 2. The van der Waals surface area contributed by atoms with Crippen LogP contribution < -0.4 is 15.4 Å². The van der Waals surface area contributed by atoms with Crippen LogP contribution >= 0.6 is 11.8 Å². The van der Waals surface area contributed by atoms with Crippen molar-refractivity contribution in [3.8, 4) is 17.2 Å². The van der Waals surface area contributed by atoms with E-state index in [1.165, 1.54) is 37.1 Å². The average molecular weight is 744 g/mol. The minimum absolute atomic E-state index is 0.0398. The van der Waals surface area contributed by atoms with Gasteiger partial charge in [0.25, 0.3) is 0 Å². The molecular weight excluding hydrogens is 702 g/mol. The van der Waals surface area contributed by atoms with Crippen LogP contribution in [0.15, 0.2) is 18.2 Å².